The standard InChI is InChI=1S/C5H8NO/c1-5(2,3)6-4-7/h1H2,2-3H3/q+1. The summed E-state index contributed by atoms with van der Waals surface area (Å²) in [7, 11) is 0. The van der Waals surface area contributed by atoms with Gasteiger partial charge in [0.15, 0.2) is 0 Å². The van der Waals surface area contributed by atoms with Crippen molar-refractivity contribution in [2.24, 2.45) is 4.99 Å². The van der Waals surface area contributed by atoms with E-state index in [1.165, 1.54) is 6.08 Å². The van der Waals surface area contributed by atoms with E-state index in [0.29, 0.717) is 0 Å². The van der Waals surface area contributed by atoms with E-state index in [4.69, 9.17) is 0 Å². The summed E-state index contributed by atoms with van der Waals surface area (Å²) in [6.45, 7) is 7.00. The van der Waals surface area contributed by atoms with Crippen LogP contribution in [0, 0.1) is 6.92 Å². The minimum Gasteiger partial charge on any atom is -0.211 e. The van der Waals surface area contributed by atoms with Gasteiger partial charge >= 0.3 is 0 Å². The van der Waals surface area contributed by atoms with Crippen LogP contribution in [-0.2, 0) is 4.79 Å². The Morgan fingerprint density at radius 2 is 2.14 bits per heavy atom. The van der Waals surface area contributed by atoms with E-state index >= 15 is 0 Å². The van der Waals surface area contributed by atoms with Gasteiger partial charge in [-0.3, -0.25) is 0 Å². The maximum atomic E-state index is 9.49. The Morgan fingerprint density at radius 1 is 1.71 bits per heavy atom. The summed E-state index contributed by atoms with van der Waals surface area (Å²) in [5, 5.41) is 0. The number of hydrogen-bond donors (Lipinski definition) is 0. The normalized spacial score (nSPS) is 10.0. The van der Waals surface area contributed by atoms with E-state index in [9.17, 15) is 4.79 Å². The lowest BCUT2D eigenvalue weighted by Gasteiger charge is -1.96. The molecule has 0 rings (SSSR count). The molecule has 0 aliphatic heterocycles. The van der Waals surface area contributed by atoms with E-state index in [2.05, 4.69) is 11.9 Å². The zero-order valence-corrected chi connectivity index (χ0v) is 4.56. The highest BCUT2D eigenvalue weighted by atomic mass is 16.1. The Labute approximate surface area is 43.3 Å². The molecule has 2 nitrogen and oxygen atoms in total. The van der Waals surface area contributed by atoms with Crippen LogP contribution in [0.2, 0.25) is 0 Å². The van der Waals surface area contributed by atoms with Gasteiger partial charge in [0, 0.05) is 13.8 Å². The Hall–Kier alpha value is -0.750. The van der Waals surface area contributed by atoms with Crippen molar-refractivity contribution in [3.8, 4) is 0 Å². The second kappa shape index (κ2) is 1.80. The van der Waals surface area contributed by atoms with Crippen LogP contribution in [-0.4, -0.2) is 11.6 Å². The maximum absolute atomic E-state index is 9.49. The molecule has 0 aromatic heterocycles. The lowest BCUT2D eigenvalue weighted by molar-refractivity contribution is 0.550. The van der Waals surface area contributed by atoms with Crippen molar-refractivity contribution in [2.45, 2.75) is 19.4 Å². The van der Waals surface area contributed by atoms with Gasteiger partial charge in [0.1, 0.15) is 0 Å². The van der Waals surface area contributed by atoms with Crippen LogP contribution in [0.15, 0.2) is 4.99 Å². The fourth-order valence-corrected chi connectivity index (χ4v) is 0.124. The quantitative estimate of drug-likeness (QED) is 0.272. The van der Waals surface area contributed by atoms with Gasteiger partial charge in [-0.25, -0.2) is 4.79 Å². The van der Waals surface area contributed by atoms with Crippen LogP contribution >= 0.6 is 0 Å². The molecule has 38 valence electrons. The Kier molecular flexibility index (Phi) is 1.61. The van der Waals surface area contributed by atoms with E-state index in [1.807, 2.05) is 0 Å². The molecule has 0 aromatic rings. The summed E-state index contributed by atoms with van der Waals surface area (Å²) < 4.78 is 0. The summed E-state index contributed by atoms with van der Waals surface area (Å²) in [6, 6.07) is 0. The molecule has 0 saturated heterocycles. The first-order chi connectivity index (χ1) is 3.06. The number of nitrogens with zero attached hydrogens (tertiary/aromatic N) is 1. The van der Waals surface area contributed by atoms with Crippen molar-refractivity contribution in [1.29, 1.82) is 0 Å². The molecule has 0 spiro atoms. The van der Waals surface area contributed by atoms with Crippen molar-refractivity contribution >= 4 is 6.08 Å². The van der Waals surface area contributed by atoms with Crippen LogP contribution in [0.5, 0.6) is 0 Å². The lowest BCUT2D eigenvalue weighted by Crippen LogP contribution is -2.08. The van der Waals surface area contributed by atoms with Gasteiger partial charge in [0.05, 0.1) is 6.92 Å². The van der Waals surface area contributed by atoms with Crippen molar-refractivity contribution in [3.63, 3.8) is 0 Å². The molecule has 0 bridgehead atoms. The van der Waals surface area contributed by atoms with Gasteiger partial charge in [-0.2, -0.15) is 4.99 Å². The SMILES string of the molecule is [CH2+]C(C)(C)N=C=O. The zero-order chi connectivity index (χ0) is 5.91. The molecule has 0 heterocycles. The molecule has 2 heteroatoms. The van der Waals surface area contributed by atoms with Gasteiger partial charge < -0.3 is 0 Å². The average molecular weight is 98.1 g/mol. The van der Waals surface area contributed by atoms with Gasteiger partial charge in [-0.15, -0.1) is 0 Å². The Bertz CT molecular complexity index is 95.1. The van der Waals surface area contributed by atoms with Crippen molar-refractivity contribution < 1.29 is 4.79 Å². The summed E-state index contributed by atoms with van der Waals surface area (Å²) in [5.74, 6) is 0. The monoisotopic (exact) mass is 98.1 g/mol. The maximum Gasteiger partial charge on any atom is 0.239 e. The van der Waals surface area contributed by atoms with E-state index in [1.54, 1.807) is 13.8 Å². The zero-order valence-electron chi connectivity index (χ0n) is 4.56. The third kappa shape index (κ3) is 5.25. The van der Waals surface area contributed by atoms with E-state index < -0.39 is 5.54 Å². The largest absolute Gasteiger partial charge is 0.239 e. The van der Waals surface area contributed by atoms with Crippen LogP contribution in [0.3, 0.4) is 0 Å². The molecule has 0 atom stereocenters. The van der Waals surface area contributed by atoms with Gasteiger partial charge in [-0.05, 0) is 0 Å². The molecule has 0 unspecified atom stereocenters. The van der Waals surface area contributed by atoms with Crippen molar-refractivity contribution in [3.05, 3.63) is 6.92 Å². The van der Waals surface area contributed by atoms with Gasteiger partial charge in [-0.1, -0.05) is 0 Å². The fraction of sp³-hybridized carbons (Fsp3) is 0.600. The number of hydrogen-bond acceptors (Lipinski definition) is 2. The summed E-state index contributed by atoms with van der Waals surface area (Å²) in [5.41, 5.74) is -0.498. The molecule has 0 radical (unpaired) electrons. The summed E-state index contributed by atoms with van der Waals surface area (Å²) in [6.07, 6.45) is 1.42. The molecule has 0 aliphatic carbocycles. The minimum absolute atomic E-state index is 0.498. The number of aliphatic imine (C=N–C) groups is 1. The highest BCUT2D eigenvalue weighted by Crippen LogP contribution is 2.02. The van der Waals surface area contributed by atoms with E-state index in [-0.39, 0.29) is 0 Å². The third-order valence-electron chi connectivity index (χ3n) is 0.348. The first-order valence-corrected chi connectivity index (χ1v) is 2.00. The van der Waals surface area contributed by atoms with Crippen LogP contribution in [0.1, 0.15) is 13.8 Å². The fourth-order valence-electron chi connectivity index (χ4n) is 0.124. The molecular formula is C5H8NO+. The first-order valence-electron chi connectivity index (χ1n) is 2.00. The number of carbonyl (C=O) groups excluding carboxylic acids is 1. The summed E-state index contributed by atoms with van der Waals surface area (Å²) in [4.78, 5) is 12.8. The Balaban J connectivity index is 3.80. The van der Waals surface area contributed by atoms with E-state index in [0.717, 1.165) is 0 Å². The smallest absolute Gasteiger partial charge is 0.211 e. The van der Waals surface area contributed by atoms with Gasteiger partial charge in [0.2, 0.25) is 11.6 Å². The molecular weight excluding hydrogens is 90.1 g/mol. The number of isocyanates is 1. The highest BCUT2D eigenvalue weighted by molar-refractivity contribution is 5.34. The van der Waals surface area contributed by atoms with Gasteiger partial charge in [0.25, 0.3) is 0 Å². The second-order valence-electron chi connectivity index (χ2n) is 2.02. The second-order valence-corrected chi connectivity index (χ2v) is 2.02. The van der Waals surface area contributed by atoms with Crippen molar-refractivity contribution in [1.82, 2.24) is 0 Å². The van der Waals surface area contributed by atoms with Crippen LogP contribution in [0.4, 0.5) is 0 Å². The lowest BCUT2D eigenvalue weighted by atomic mass is 10.1. The predicted octanol–water partition coefficient (Wildman–Crippen LogP) is 0.935. The summed E-state index contributed by atoms with van der Waals surface area (Å²) >= 11 is 0. The predicted molar refractivity (Wildman–Crippen MR) is 27.6 cm³/mol. The molecule has 0 saturated carbocycles. The molecule has 7 heavy (non-hydrogen) atoms. The van der Waals surface area contributed by atoms with Crippen molar-refractivity contribution in [2.75, 3.05) is 0 Å². The molecule has 0 fully saturated rings. The average Bonchev–Trinajstić information content (AvgIpc) is 1.30. The molecule has 0 N–H and O–H groups in total. The molecule has 0 amide bonds. The first kappa shape index (κ1) is 6.25. The molecule has 0 aliphatic rings. The Morgan fingerprint density at radius 3 is 2.14 bits per heavy atom. The highest BCUT2D eigenvalue weighted by Gasteiger charge is 2.13. The van der Waals surface area contributed by atoms with Crippen LogP contribution in [0.25, 0.3) is 0 Å². The topological polar surface area (TPSA) is 29.4 Å². The molecule has 0 aromatic carbocycles. The minimum atomic E-state index is -0.498. The number of rotatable bonds is 1. The third-order valence-corrected chi connectivity index (χ3v) is 0.348. The van der Waals surface area contributed by atoms with Crippen LogP contribution < -0.4 is 0 Å².